The van der Waals surface area contributed by atoms with E-state index in [1.165, 1.54) is 30.9 Å². The molecule has 5 nitrogen and oxygen atoms in total. The van der Waals surface area contributed by atoms with Crippen LogP contribution < -0.4 is 9.64 Å². The Morgan fingerprint density at radius 1 is 0.889 bits per heavy atom. The van der Waals surface area contributed by atoms with Crippen molar-refractivity contribution in [1.29, 1.82) is 0 Å². The minimum absolute atomic E-state index is 0.143. The second kappa shape index (κ2) is 12.1. The summed E-state index contributed by atoms with van der Waals surface area (Å²) in [7, 11) is 0. The molecule has 6 heteroatoms. The molecule has 0 spiro atoms. The van der Waals surface area contributed by atoms with E-state index in [1.54, 1.807) is 6.07 Å². The van der Waals surface area contributed by atoms with Crippen molar-refractivity contribution < 1.29 is 13.9 Å². The number of hydrogen-bond donors (Lipinski definition) is 0. The molecule has 2 saturated heterocycles. The van der Waals surface area contributed by atoms with Gasteiger partial charge >= 0.3 is 0 Å². The van der Waals surface area contributed by atoms with Gasteiger partial charge in [-0.1, -0.05) is 43.5 Å². The first-order chi connectivity index (χ1) is 17.7. The first-order valence-corrected chi connectivity index (χ1v) is 13.9. The van der Waals surface area contributed by atoms with E-state index in [9.17, 15) is 9.18 Å². The Hall–Kier alpha value is -2.60. The van der Waals surface area contributed by atoms with Crippen molar-refractivity contribution in [2.45, 2.75) is 51.5 Å². The van der Waals surface area contributed by atoms with Gasteiger partial charge in [0.1, 0.15) is 11.6 Å². The standard InChI is InChI=1S/C30H40FN3O2/c31-28-13-4-5-14-29(28)33-18-16-32(17-19-33)21-24-8-6-12-27(20-24)36-23-25-9-7-15-34(22-25)30(35)26-10-2-1-3-11-26/h4-6,8,12-14,20,25-26H,1-3,7,9-11,15-19,21-23H2/t25-/m1/s1. The SMILES string of the molecule is O=C(C1CCCCC1)N1CCC[C@@H](COc2cccc(CN3CCN(c4ccccc4F)CC3)c2)C1. The van der Waals surface area contributed by atoms with Crippen LogP contribution in [0.4, 0.5) is 10.1 Å². The third kappa shape index (κ3) is 6.39. The minimum atomic E-state index is -0.143. The molecule has 2 aromatic rings. The van der Waals surface area contributed by atoms with E-state index in [-0.39, 0.29) is 11.7 Å². The molecule has 36 heavy (non-hydrogen) atoms. The van der Waals surface area contributed by atoms with Gasteiger partial charge in [0.25, 0.3) is 0 Å². The number of piperazine rings is 1. The summed E-state index contributed by atoms with van der Waals surface area (Å²) < 4.78 is 20.4. The van der Waals surface area contributed by atoms with Crippen LogP contribution >= 0.6 is 0 Å². The van der Waals surface area contributed by atoms with Crippen molar-refractivity contribution in [2.75, 3.05) is 50.8 Å². The van der Waals surface area contributed by atoms with Crippen molar-refractivity contribution in [3.63, 3.8) is 0 Å². The summed E-state index contributed by atoms with van der Waals surface area (Å²) in [5, 5.41) is 0. The first-order valence-electron chi connectivity index (χ1n) is 13.9. The number of carbonyl (C=O) groups excluding carboxylic acids is 1. The number of ether oxygens (including phenoxy) is 1. The number of para-hydroxylation sites is 1. The van der Waals surface area contributed by atoms with Crippen molar-refractivity contribution in [3.05, 3.63) is 59.9 Å². The third-order valence-electron chi connectivity index (χ3n) is 8.14. The predicted octanol–water partition coefficient (Wildman–Crippen LogP) is 5.35. The largest absolute Gasteiger partial charge is 0.493 e. The van der Waals surface area contributed by atoms with Gasteiger partial charge in [0.05, 0.1) is 12.3 Å². The lowest BCUT2D eigenvalue weighted by atomic mass is 9.87. The summed E-state index contributed by atoms with van der Waals surface area (Å²) >= 11 is 0. The number of carbonyl (C=O) groups is 1. The van der Waals surface area contributed by atoms with E-state index < -0.39 is 0 Å². The summed E-state index contributed by atoms with van der Waals surface area (Å²) in [6.07, 6.45) is 8.03. The molecular formula is C30H40FN3O2. The third-order valence-corrected chi connectivity index (χ3v) is 8.14. The van der Waals surface area contributed by atoms with Crippen LogP contribution in [0.1, 0.15) is 50.5 Å². The summed E-state index contributed by atoms with van der Waals surface area (Å²) in [5.41, 5.74) is 1.94. The number of anilines is 1. The molecule has 0 bridgehead atoms. The van der Waals surface area contributed by atoms with Gasteiger partial charge < -0.3 is 14.5 Å². The lowest BCUT2D eigenvalue weighted by Gasteiger charge is -2.36. The molecule has 2 aliphatic heterocycles. The van der Waals surface area contributed by atoms with Gasteiger partial charge in [-0.25, -0.2) is 4.39 Å². The molecule has 0 radical (unpaired) electrons. The maximum absolute atomic E-state index is 14.1. The average molecular weight is 494 g/mol. The van der Waals surface area contributed by atoms with E-state index in [4.69, 9.17) is 4.74 Å². The van der Waals surface area contributed by atoms with Crippen molar-refractivity contribution in [1.82, 2.24) is 9.80 Å². The Balaban J connectivity index is 1.08. The van der Waals surface area contributed by atoms with Crippen LogP contribution in [0.3, 0.4) is 0 Å². The van der Waals surface area contributed by atoms with Crippen LogP contribution in [-0.2, 0) is 11.3 Å². The number of nitrogens with zero attached hydrogens (tertiary/aromatic N) is 3. The zero-order valence-electron chi connectivity index (χ0n) is 21.4. The molecule has 1 aliphatic carbocycles. The second-order valence-electron chi connectivity index (χ2n) is 10.8. The molecule has 3 aliphatic rings. The molecule has 2 heterocycles. The molecular weight excluding hydrogens is 453 g/mol. The first kappa shape index (κ1) is 25.1. The number of hydrogen-bond acceptors (Lipinski definition) is 4. The Bertz CT molecular complexity index is 1000. The Labute approximate surface area is 215 Å². The van der Waals surface area contributed by atoms with Crippen LogP contribution in [0.25, 0.3) is 0 Å². The number of benzene rings is 2. The summed E-state index contributed by atoms with van der Waals surface area (Å²) in [5.74, 6) is 1.81. The maximum atomic E-state index is 14.1. The molecule has 0 aromatic heterocycles. The summed E-state index contributed by atoms with van der Waals surface area (Å²) in [4.78, 5) is 19.7. The number of rotatable bonds is 7. The van der Waals surface area contributed by atoms with Crippen molar-refractivity contribution in [2.24, 2.45) is 11.8 Å². The molecule has 2 aromatic carbocycles. The number of likely N-dealkylation sites (tertiary alicyclic amines) is 1. The molecule has 5 rings (SSSR count). The monoisotopic (exact) mass is 493 g/mol. The number of piperidine rings is 1. The van der Waals surface area contributed by atoms with Gasteiger partial charge in [0.2, 0.25) is 5.91 Å². The molecule has 194 valence electrons. The van der Waals surface area contributed by atoms with E-state index in [0.717, 1.165) is 77.2 Å². The average Bonchev–Trinajstić information content (AvgIpc) is 2.93. The molecule has 1 saturated carbocycles. The fourth-order valence-electron chi connectivity index (χ4n) is 6.07. The highest BCUT2D eigenvalue weighted by Gasteiger charge is 2.30. The van der Waals surface area contributed by atoms with Gasteiger partial charge in [-0.05, 0) is 55.5 Å². The molecule has 0 N–H and O–H groups in total. The van der Waals surface area contributed by atoms with Crippen LogP contribution in [0.5, 0.6) is 5.75 Å². The quantitative estimate of drug-likeness (QED) is 0.521. The Kier molecular flexibility index (Phi) is 8.42. The molecule has 1 amide bonds. The van der Waals surface area contributed by atoms with E-state index in [2.05, 4.69) is 32.9 Å². The van der Waals surface area contributed by atoms with Crippen LogP contribution in [0.15, 0.2) is 48.5 Å². The predicted molar refractivity (Wildman–Crippen MR) is 142 cm³/mol. The van der Waals surface area contributed by atoms with Gasteiger partial charge in [-0.2, -0.15) is 0 Å². The highest BCUT2D eigenvalue weighted by Crippen LogP contribution is 2.28. The van der Waals surface area contributed by atoms with E-state index in [0.29, 0.717) is 24.1 Å². The minimum Gasteiger partial charge on any atom is -0.493 e. The van der Waals surface area contributed by atoms with Gasteiger partial charge in [0, 0.05) is 57.6 Å². The zero-order chi connectivity index (χ0) is 24.7. The molecule has 0 unspecified atom stereocenters. The van der Waals surface area contributed by atoms with E-state index in [1.807, 2.05) is 18.2 Å². The normalized spacial score (nSPS) is 22.0. The summed E-state index contributed by atoms with van der Waals surface area (Å²) in [6, 6.07) is 15.4. The molecule has 3 fully saturated rings. The smallest absolute Gasteiger partial charge is 0.225 e. The lowest BCUT2D eigenvalue weighted by Crippen LogP contribution is -2.46. The van der Waals surface area contributed by atoms with Crippen LogP contribution in [0.2, 0.25) is 0 Å². The number of halogens is 1. The van der Waals surface area contributed by atoms with Crippen LogP contribution in [-0.4, -0.2) is 61.6 Å². The fourth-order valence-corrected chi connectivity index (χ4v) is 6.07. The topological polar surface area (TPSA) is 36.0 Å². The van der Waals surface area contributed by atoms with Gasteiger partial charge in [-0.15, -0.1) is 0 Å². The Morgan fingerprint density at radius 3 is 2.50 bits per heavy atom. The zero-order valence-corrected chi connectivity index (χ0v) is 21.4. The highest BCUT2D eigenvalue weighted by atomic mass is 19.1. The van der Waals surface area contributed by atoms with Gasteiger partial charge in [0.15, 0.2) is 0 Å². The highest BCUT2D eigenvalue weighted by molar-refractivity contribution is 5.79. The second-order valence-corrected chi connectivity index (χ2v) is 10.8. The fraction of sp³-hybridized carbons (Fsp3) is 0.567. The van der Waals surface area contributed by atoms with E-state index >= 15 is 0 Å². The van der Waals surface area contributed by atoms with Crippen molar-refractivity contribution >= 4 is 11.6 Å². The Morgan fingerprint density at radius 2 is 1.69 bits per heavy atom. The number of amides is 1. The van der Waals surface area contributed by atoms with Gasteiger partial charge in [-0.3, -0.25) is 9.69 Å². The van der Waals surface area contributed by atoms with Crippen molar-refractivity contribution in [3.8, 4) is 5.75 Å². The molecule has 1 atom stereocenters. The maximum Gasteiger partial charge on any atom is 0.225 e. The van der Waals surface area contributed by atoms with Crippen LogP contribution in [0, 0.1) is 17.7 Å². The lowest BCUT2D eigenvalue weighted by molar-refractivity contribution is -0.138. The summed E-state index contributed by atoms with van der Waals surface area (Å²) in [6.45, 7) is 6.75.